The Morgan fingerprint density at radius 3 is 2.13 bits per heavy atom. The van der Waals surface area contributed by atoms with Crippen LogP contribution in [0.15, 0.2) is 42.6 Å². The van der Waals surface area contributed by atoms with Gasteiger partial charge in [0.2, 0.25) is 0 Å². The molecule has 0 saturated carbocycles. The second kappa shape index (κ2) is 13.9. The van der Waals surface area contributed by atoms with Crippen molar-refractivity contribution in [2.24, 2.45) is 0 Å². The molecule has 0 radical (unpaired) electrons. The molecule has 3 nitrogen and oxygen atoms in total. The zero-order valence-corrected chi connectivity index (χ0v) is 18.3. The molecule has 0 aliphatic rings. The summed E-state index contributed by atoms with van der Waals surface area (Å²) in [5.41, 5.74) is 1.75. The van der Waals surface area contributed by atoms with Crippen molar-refractivity contribution in [1.82, 2.24) is 4.98 Å². The van der Waals surface area contributed by atoms with Gasteiger partial charge in [-0.3, -0.25) is 4.98 Å². The van der Waals surface area contributed by atoms with Crippen molar-refractivity contribution < 1.29 is 18.3 Å². The first kappa shape index (κ1) is 24.1. The van der Waals surface area contributed by atoms with Gasteiger partial charge in [-0.25, -0.2) is 8.78 Å². The second-order valence-corrected chi connectivity index (χ2v) is 7.65. The van der Waals surface area contributed by atoms with Gasteiger partial charge in [-0.05, 0) is 49.2 Å². The second-order valence-electron chi connectivity index (χ2n) is 7.65. The predicted molar refractivity (Wildman–Crippen MR) is 119 cm³/mol. The molecule has 0 aliphatic heterocycles. The van der Waals surface area contributed by atoms with Crippen molar-refractivity contribution >= 4 is 0 Å². The van der Waals surface area contributed by atoms with E-state index in [1.54, 1.807) is 6.07 Å². The third-order valence-corrected chi connectivity index (χ3v) is 5.02. The molecule has 0 spiro atoms. The lowest BCUT2D eigenvalue weighted by Crippen LogP contribution is -2.24. The normalized spacial score (nSPS) is 13.1. The van der Waals surface area contributed by atoms with Crippen molar-refractivity contribution in [3.63, 3.8) is 0 Å². The Labute approximate surface area is 179 Å². The van der Waals surface area contributed by atoms with Gasteiger partial charge in [-0.2, -0.15) is 0 Å². The van der Waals surface area contributed by atoms with Crippen molar-refractivity contribution in [3.8, 4) is 22.8 Å². The first-order valence-electron chi connectivity index (χ1n) is 11.2. The summed E-state index contributed by atoms with van der Waals surface area (Å²) in [5, 5.41) is 0. The van der Waals surface area contributed by atoms with Crippen LogP contribution in [0.25, 0.3) is 11.3 Å². The van der Waals surface area contributed by atoms with Crippen molar-refractivity contribution in [1.29, 1.82) is 0 Å². The average Bonchev–Trinajstić information content (AvgIpc) is 2.78. The van der Waals surface area contributed by atoms with Gasteiger partial charge in [-0.15, -0.1) is 0 Å². The summed E-state index contributed by atoms with van der Waals surface area (Å²) in [6.07, 6.45) is 6.73. The fraction of sp³-hybridized carbons (Fsp3) is 0.560. The molecule has 2 aromatic rings. The number of unbranched alkanes of at least 4 members (excludes halogenated alkanes) is 5. The quantitative estimate of drug-likeness (QED) is 0.283. The Bertz CT molecular complexity index is 691. The van der Waals surface area contributed by atoms with Crippen LogP contribution in [0.3, 0.4) is 0 Å². The average molecular weight is 420 g/mol. The maximum atomic E-state index is 13.7. The maximum absolute atomic E-state index is 13.7. The van der Waals surface area contributed by atoms with Gasteiger partial charge in [0.05, 0.1) is 18.5 Å². The van der Waals surface area contributed by atoms with Crippen LogP contribution in [0.5, 0.6) is 11.5 Å². The first-order chi connectivity index (χ1) is 14.6. The van der Waals surface area contributed by atoms with Crippen molar-refractivity contribution in [3.05, 3.63) is 42.6 Å². The number of benzene rings is 1. The lowest BCUT2D eigenvalue weighted by Gasteiger charge is -2.14. The zero-order chi connectivity index (χ0) is 21.6. The molecule has 5 heteroatoms. The summed E-state index contributed by atoms with van der Waals surface area (Å²) in [6, 6.07) is 11.4. The maximum Gasteiger partial charge on any atom is 0.165 e. The van der Waals surface area contributed by atoms with Crippen LogP contribution in [0.2, 0.25) is 0 Å². The molecule has 2 atom stereocenters. The van der Waals surface area contributed by atoms with Gasteiger partial charge >= 0.3 is 0 Å². The van der Waals surface area contributed by atoms with E-state index in [0.29, 0.717) is 12.2 Å². The number of halogens is 2. The molecule has 30 heavy (non-hydrogen) atoms. The highest BCUT2D eigenvalue weighted by molar-refractivity contribution is 5.60. The van der Waals surface area contributed by atoms with Crippen LogP contribution >= 0.6 is 0 Å². The molecule has 0 unspecified atom stereocenters. The molecule has 0 amide bonds. The fourth-order valence-electron chi connectivity index (χ4n) is 3.17. The standard InChI is InChI=1S/C25H35F2NO2/c1-3-5-6-7-8-9-17-29-21-13-11-20(12-14-21)25-16-15-22(18-28-25)30-19-24(27)23(26)10-4-2/h11-16,18,23-24H,3-10,17,19H2,1-2H3/t23-,24-/m1/s1. The fourth-order valence-corrected chi connectivity index (χ4v) is 3.17. The number of nitrogens with zero attached hydrogens (tertiary/aromatic N) is 1. The summed E-state index contributed by atoms with van der Waals surface area (Å²) < 4.78 is 38.3. The smallest absolute Gasteiger partial charge is 0.165 e. The van der Waals surface area contributed by atoms with Gasteiger partial charge in [0.25, 0.3) is 0 Å². The summed E-state index contributed by atoms with van der Waals surface area (Å²) in [4.78, 5) is 4.37. The van der Waals surface area contributed by atoms with Crippen molar-refractivity contribution in [2.45, 2.75) is 77.6 Å². The topological polar surface area (TPSA) is 31.4 Å². The number of aromatic nitrogens is 1. The molecule has 0 N–H and O–H groups in total. The molecule has 0 saturated heterocycles. The number of rotatable bonds is 15. The van der Waals surface area contributed by atoms with E-state index in [9.17, 15) is 8.78 Å². The molecule has 2 rings (SSSR count). The number of alkyl halides is 2. The lowest BCUT2D eigenvalue weighted by molar-refractivity contribution is 0.103. The first-order valence-corrected chi connectivity index (χ1v) is 11.2. The van der Waals surface area contributed by atoms with E-state index in [1.807, 2.05) is 37.3 Å². The summed E-state index contributed by atoms with van der Waals surface area (Å²) >= 11 is 0. The Morgan fingerprint density at radius 1 is 0.767 bits per heavy atom. The van der Waals surface area contributed by atoms with E-state index < -0.39 is 12.3 Å². The van der Waals surface area contributed by atoms with Gasteiger partial charge in [-0.1, -0.05) is 52.4 Å². The van der Waals surface area contributed by atoms with Crippen LogP contribution in [0, 0.1) is 0 Å². The minimum absolute atomic E-state index is 0.209. The Hall–Kier alpha value is -2.17. The number of hydrogen-bond donors (Lipinski definition) is 0. The summed E-state index contributed by atoms with van der Waals surface area (Å²) in [6.45, 7) is 4.50. The SMILES string of the molecule is CCCCCCCCOc1ccc(-c2ccc(OC[C@@H](F)[C@H](F)CCC)cn2)cc1. The Balaban J connectivity index is 1.75. The molecule has 0 bridgehead atoms. The predicted octanol–water partition coefficient (Wildman–Crippen LogP) is 7.34. The molecular weight excluding hydrogens is 384 g/mol. The van der Waals surface area contributed by atoms with Gasteiger partial charge in [0.1, 0.15) is 24.3 Å². The lowest BCUT2D eigenvalue weighted by atomic mass is 10.1. The van der Waals surface area contributed by atoms with E-state index in [1.165, 1.54) is 38.3 Å². The highest BCUT2D eigenvalue weighted by Crippen LogP contribution is 2.23. The molecule has 1 aromatic carbocycles. The van der Waals surface area contributed by atoms with Gasteiger partial charge in [0.15, 0.2) is 6.17 Å². The highest BCUT2D eigenvalue weighted by atomic mass is 19.2. The van der Waals surface area contributed by atoms with Gasteiger partial charge in [0, 0.05) is 5.56 Å². The van der Waals surface area contributed by atoms with Gasteiger partial charge < -0.3 is 9.47 Å². The van der Waals surface area contributed by atoms with E-state index in [-0.39, 0.29) is 13.0 Å². The van der Waals surface area contributed by atoms with Crippen LogP contribution < -0.4 is 9.47 Å². The third kappa shape index (κ3) is 8.68. The number of ether oxygens (including phenoxy) is 2. The molecule has 1 aromatic heterocycles. The van der Waals surface area contributed by atoms with Crippen LogP contribution in [0.4, 0.5) is 8.78 Å². The minimum atomic E-state index is -1.62. The largest absolute Gasteiger partial charge is 0.494 e. The summed E-state index contributed by atoms with van der Waals surface area (Å²) in [7, 11) is 0. The Kier molecular flexibility index (Phi) is 11.2. The van der Waals surface area contributed by atoms with Crippen LogP contribution in [0.1, 0.15) is 65.2 Å². The zero-order valence-electron chi connectivity index (χ0n) is 18.3. The molecule has 166 valence electrons. The Morgan fingerprint density at radius 2 is 1.47 bits per heavy atom. The van der Waals surface area contributed by atoms with E-state index in [2.05, 4.69) is 11.9 Å². The van der Waals surface area contributed by atoms with Crippen LogP contribution in [-0.4, -0.2) is 30.5 Å². The van der Waals surface area contributed by atoms with Crippen LogP contribution in [-0.2, 0) is 0 Å². The molecule has 0 aliphatic carbocycles. The van der Waals surface area contributed by atoms with E-state index in [4.69, 9.17) is 9.47 Å². The highest BCUT2D eigenvalue weighted by Gasteiger charge is 2.20. The summed E-state index contributed by atoms with van der Waals surface area (Å²) in [5.74, 6) is 1.29. The number of pyridine rings is 1. The molecule has 1 heterocycles. The molecular formula is C25H35F2NO2. The van der Waals surface area contributed by atoms with E-state index >= 15 is 0 Å². The van der Waals surface area contributed by atoms with Crippen molar-refractivity contribution in [2.75, 3.05) is 13.2 Å². The van der Waals surface area contributed by atoms with E-state index in [0.717, 1.165) is 30.0 Å². The molecule has 0 fully saturated rings. The third-order valence-electron chi connectivity index (χ3n) is 5.02. The monoisotopic (exact) mass is 419 g/mol. The minimum Gasteiger partial charge on any atom is -0.494 e. The number of hydrogen-bond acceptors (Lipinski definition) is 3.